The predicted molar refractivity (Wildman–Crippen MR) is 50.5 cm³/mol. The molecule has 0 aliphatic carbocycles. The van der Waals surface area contributed by atoms with Gasteiger partial charge in [0.05, 0.1) is 17.9 Å². The molecular weight excluding hydrogens is 196 g/mol. The summed E-state index contributed by atoms with van der Waals surface area (Å²) in [5.74, 6) is 0. The van der Waals surface area contributed by atoms with E-state index in [2.05, 4.69) is 15.0 Å². The number of aliphatic hydroxyl groups excluding tert-OH is 2. The second-order valence-corrected chi connectivity index (χ2v) is 3.06. The molecule has 0 aliphatic heterocycles. The molecule has 0 fully saturated rings. The standard InChI is InChI=1S/C9H8N4O2/c10-2-7(14)8(15)5-1-6-9(11-3-5)13-4-12-6/h1,3-4,7-8,14-15H,(H,11,12,13). The summed E-state index contributed by atoms with van der Waals surface area (Å²) >= 11 is 0. The van der Waals surface area contributed by atoms with Crippen molar-refractivity contribution in [1.29, 1.82) is 5.26 Å². The van der Waals surface area contributed by atoms with Crippen LogP contribution in [-0.2, 0) is 0 Å². The number of imidazole rings is 1. The Morgan fingerprint density at radius 2 is 2.20 bits per heavy atom. The Balaban J connectivity index is 2.40. The number of rotatable bonds is 2. The molecule has 2 atom stereocenters. The SMILES string of the molecule is N#CC(O)C(O)c1cnc2nc[nH]c2c1. The zero-order chi connectivity index (χ0) is 10.8. The lowest BCUT2D eigenvalue weighted by Crippen LogP contribution is -2.15. The van der Waals surface area contributed by atoms with E-state index >= 15 is 0 Å². The molecule has 0 spiro atoms. The number of aromatic nitrogens is 3. The molecule has 0 saturated heterocycles. The molecule has 0 amide bonds. The average molecular weight is 204 g/mol. The molecule has 0 bridgehead atoms. The second kappa shape index (κ2) is 3.65. The van der Waals surface area contributed by atoms with Crippen LogP contribution in [0.25, 0.3) is 11.2 Å². The van der Waals surface area contributed by atoms with Gasteiger partial charge in [-0.15, -0.1) is 0 Å². The van der Waals surface area contributed by atoms with Gasteiger partial charge in [0.1, 0.15) is 6.10 Å². The largest absolute Gasteiger partial charge is 0.384 e. The molecule has 2 aromatic rings. The third-order valence-electron chi connectivity index (χ3n) is 2.07. The number of hydrogen-bond acceptors (Lipinski definition) is 5. The zero-order valence-electron chi connectivity index (χ0n) is 7.62. The topological polar surface area (TPSA) is 106 Å². The number of aliphatic hydroxyl groups is 2. The first-order chi connectivity index (χ1) is 7.22. The Bertz CT molecular complexity index is 516. The Labute approximate surface area is 84.8 Å². The summed E-state index contributed by atoms with van der Waals surface area (Å²) in [6.45, 7) is 0. The number of H-pyrrole nitrogens is 1. The Kier molecular flexibility index (Phi) is 2.33. The van der Waals surface area contributed by atoms with E-state index in [0.29, 0.717) is 16.7 Å². The first kappa shape index (κ1) is 9.58. The van der Waals surface area contributed by atoms with Crippen LogP contribution < -0.4 is 0 Å². The fourth-order valence-corrected chi connectivity index (χ4v) is 1.26. The summed E-state index contributed by atoms with van der Waals surface area (Å²) in [7, 11) is 0. The van der Waals surface area contributed by atoms with Crippen LogP contribution in [-0.4, -0.2) is 31.3 Å². The van der Waals surface area contributed by atoms with E-state index in [1.807, 2.05) is 0 Å². The fourth-order valence-electron chi connectivity index (χ4n) is 1.26. The first-order valence-corrected chi connectivity index (χ1v) is 4.27. The summed E-state index contributed by atoms with van der Waals surface area (Å²) in [6, 6.07) is 3.15. The van der Waals surface area contributed by atoms with Crippen molar-refractivity contribution in [2.24, 2.45) is 0 Å². The van der Waals surface area contributed by atoms with Crippen molar-refractivity contribution in [1.82, 2.24) is 15.0 Å². The smallest absolute Gasteiger partial charge is 0.177 e. The molecule has 3 N–H and O–H groups in total. The Morgan fingerprint density at radius 3 is 2.93 bits per heavy atom. The van der Waals surface area contributed by atoms with Gasteiger partial charge in [-0.2, -0.15) is 5.26 Å². The van der Waals surface area contributed by atoms with Crippen molar-refractivity contribution >= 4 is 11.2 Å². The van der Waals surface area contributed by atoms with E-state index in [0.717, 1.165) is 0 Å². The normalized spacial score (nSPS) is 14.7. The van der Waals surface area contributed by atoms with Gasteiger partial charge in [0, 0.05) is 11.8 Å². The van der Waals surface area contributed by atoms with Gasteiger partial charge < -0.3 is 15.2 Å². The molecular formula is C9H8N4O2. The highest BCUT2D eigenvalue weighted by molar-refractivity contribution is 5.70. The fraction of sp³-hybridized carbons (Fsp3) is 0.222. The van der Waals surface area contributed by atoms with Gasteiger partial charge >= 0.3 is 0 Å². The van der Waals surface area contributed by atoms with Crippen LogP contribution in [0.15, 0.2) is 18.6 Å². The molecule has 6 nitrogen and oxygen atoms in total. The second-order valence-electron chi connectivity index (χ2n) is 3.06. The molecule has 0 radical (unpaired) electrons. The maximum Gasteiger partial charge on any atom is 0.177 e. The van der Waals surface area contributed by atoms with Crippen molar-refractivity contribution in [2.45, 2.75) is 12.2 Å². The number of hydrogen-bond donors (Lipinski definition) is 3. The highest BCUT2D eigenvalue weighted by Crippen LogP contribution is 2.18. The minimum Gasteiger partial charge on any atom is -0.384 e. The summed E-state index contributed by atoms with van der Waals surface area (Å²) in [4.78, 5) is 10.7. The van der Waals surface area contributed by atoms with Crippen LogP contribution in [0.5, 0.6) is 0 Å². The molecule has 2 rings (SSSR count). The zero-order valence-corrected chi connectivity index (χ0v) is 7.62. The molecule has 2 unspecified atom stereocenters. The summed E-state index contributed by atoms with van der Waals surface area (Å²) in [5, 5.41) is 27.1. The molecule has 0 saturated carbocycles. The van der Waals surface area contributed by atoms with Crippen molar-refractivity contribution in [3.8, 4) is 6.07 Å². The van der Waals surface area contributed by atoms with Gasteiger partial charge in [0.25, 0.3) is 0 Å². The molecule has 2 aromatic heterocycles. The lowest BCUT2D eigenvalue weighted by Gasteiger charge is -2.10. The lowest BCUT2D eigenvalue weighted by molar-refractivity contribution is 0.0526. The van der Waals surface area contributed by atoms with E-state index in [-0.39, 0.29) is 0 Å². The molecule has 2 heterocycles. The predicted octanol–water partition coefficient (Wildman–Crippen LogP) is -0.124. The van der Waals surface area contributed by atoms with E-state index in [4.69, 9.17) is 10.4 Å². The van der Waals surface area contributed by atoms with Crippen LogP contribution >= 0.6 is 0 Å². The number of nitriles is 1. The summed E-state index contributed by atoms with van der Waals surface area (Å²) in [5.41, 5.74) is 1.55. The van der Waals surface area contributed by atoms with E-state index in [9.17, 15) is 5.11 Å². The Morgan fingerprint density at radius 1 is 1.40 bits per heavy atom. The Hall–Kier alpha value is -1.97. The van der Waals surface area contributed by atoms with Crippen LogP contribution in [0, 0.1) is 11.3 Å². The quantitative estimate of drug-likeness (QED) is 0.591. The van der Waals surface area contributed by atoms with Crippen molar-refractivity contribution in [3.05, 3.63) is 24.2 Å². The summed E-state index contributed by atoms with van der Waals surface area (Å²) in [6.07, 6.45) is 0.158. The van der Waals surface area contributed by atoms with Crippen LogP contribution in [0.4, 0.5) is 0 Å². The van der Waals surface area contributed by atoms with E-state index < -0.39 is 12.2 Å². The van der Waals surface area contributed by atoms with Crippen LogP contribution in [0.3, 0.4) is 0 Å². The van der Waals surface area contributed by atoms with Gasteiger partial charge in [0.15, 0.2) is 11.8 Å². The number of nitrogens with one attached hydrogen (secondary N) is 1. The molecule has 76 valence electrons. The van der Waals surface area contributed by atoms with E-state index in [1.165, 1.54) is 12.5 Å². The monoisotopic (exact) mass is 204 g/mol. The van der Waals surface area contributed by atoms with Gasteiger partial charge in [-0.25, -0.2) is 9.97 Å². The van der Waals surface area contributed by atoms with E-state index in [1.54, 1.807) is 12.1 Å². The maximum atomic E-state index is 9.54. The van der Waals surface area contributed by atoms with Gasteiger partial charge in [0.2, 0.25) is 0 Å². The van der Waals surface area contributed by atoms with Gasteiger partial charge in [-0.3, -0.25) is 0 Å². The third-order valence-corrected chi connectivity index (χ3v) is 2.07. The minimum atomic E-state index is -1.45. The number of aromatic amines is 1. The van der Waals surface area contributed by atoms with Crippen molar-refractivity contribution in [2.75, 3.05) is 0 Å². The highest BCUT2D eigenvalue weighted by atomic mass is 16.3. The molecule has 0 aromatic carbocycles. The molecule has 0 aliphatic rings. The number of fused-ring (bicyclic) bond motifs is 1. The lowest BCUT2D eigenvalue weighted by atomic mass is 10.1. The highest BCUT2D eigenvalue weighted by Gasteiger charge is 2.18. The molecule has 6 heteroatoms. The average Bonchev–Trinajstić information content (AvgIpc) is 2.73. The van der Waals surface area contributed by atoms with Crippen LogP contribution in [0.1, 0.15) is 11.7 Å². The number of nitrogens with zero attached hydrogens (tertiary/aromatic N) is 3. The van der Waals surface area contributed by atoms with Gasteiger partial charge in [-0.1, -0.05) is 0 Å². The van der Waals surface area contributed by atoms with Crippen molar-refractivity contribution in [3.63, 3.8) is 0 Å². The molecule has 15 heavy (non-hydrogen) atoms. The summed E-state index contributed by atoms with van der Waals surface area (Å²) < 4.78 is 0. The van der Waals surface area contributed by atoms with Crippen LogP contribution in [0.2, 0.25) is 0 Å². The third kappa shape index (κ3) is 1.66. The minimum absolute atomic E-state index is 0.376. The van der Waals surface area contributed by atoms with Gasteiger partial charge in [-0.05, 0) is 6.07 Å². The first-order valence-electron chi connectivity index (χ1n) is 4.27. The number of pyridine rings is 1. The van der Waals surface area contributed by atoms with Crippen molar-refractivity contribution < 1.29 is 10.2 Å². The maximum absolute atomic E-state index is 9.54.